The van der Waals surface area contributed by atoms with Crippen molar-refractivity contribution in [3.63, 3.8) is 0 Å². The Morgan fingerprint density at radius 1 is 1.07 bits per heavy atom. The summed E-state index contributed by atoms with van der Waals surface area (Å²) in [5.74, 6) is -2.75. The highest BCUT2D eigenvalue weighted by Crippen LogP contribution is 2.47. The Labute approximate surface area is 230 Å². The lowest BCUT2D eigenvalue weighted by molar-refractivity contribution is -0.343. The van der Waals surface area contributed by atoms with E-state index in [0.29, 0.717) is 17.1 Å². The molecule has 220 valence electrons. The van der Waals surface area contributed by atoms with Gasteiger partial charge in [0, 0.05) is 17.9 Å². The smallest absolute Gasteiger partial charge is 0.334 e. The average Bonchev–Trinajstić information content (AvgIpc) is 3.25. The van der Waals surface area contributed by atoms with E-state index < -0.39 is 79.4 Å². The van der Waals surface area contributed by atoms with Crippen molar-refractivity contribution >= 4 is 18.0 Å². The molecule has 1 aromatic carbocycles. The first-order valence-electron chi connectivity index (χ1n) is 12.7. The van der Waals surface area contributed by atoms with Gasteiger partial charge in [0.25, 0.3) is 0 Å². The minimum absolute atomic E-state index is 0.00946. The van der Waals surface area contributed by atoms with Crippen molar-refractivity contribution in [2.45, 2.75) is 56.4 Å². The number of benzene rings is 1. The van der Waals surface area contributed by atoms with Crippen LogP contribution in [-0.4, -0.2) is 101 Å². The summed E-state index contributed by atoms with van der Waals surface area (Å²) in [4.78, 5) is 24.5. The monoisotopic (exact) mass is 566 g/mol. The van der Waals surface area contributed by atoms with Crippen LogP contribution < -0.4 is 9.47 Å². The third-order valence-electron chi connectivity index (χ3n) is 7.63. The normalized spacial score (nSPS) is 35.4. The minimum atomic E-state index is -1.70. The van der Waals surface area contributed by atoms with Gasteiger partial charge in [-0.15, -0.1) is 0 Å². The molecular formula is C27H34O13. The van der Waals surface area contributed by atoms with E-state index in [1.807, 2.05) is 0 Å². The number of carboxylic acids is 1. The summed E-state index contributed by atoms with van der Waals surface area (Å²) < 4.78 is 33.1. The molecule has 10 atom stereocenters. The van der Waals surface area contributed by atoms with E-state index in [9.17, 15) is 35.1 Å². The second-order valence-electron chi connectivity index (χ2n) is 9.92. The molecule has 1 saturated heterocycles. The van der Waals surface area contributed by atoms with Crippen LogP contribution in [0.3, 0.4) is 0 Å². The van der Waals surface area contributed by atoms with Gasteiger partial charge in [-0.05, 0) is 36.1 Å². The number of hydrogen-bond acceptors (Lipinski definition) is 12. The molecule has 4 rings (SSSR count). The Morgan fingerprint density at radius 3 is 2.45 bits per heavy atom. The highest BCUT2D eigenvalue weighted by Gasteiger charge is 2.54. The van der Waals surface area contributed by atoms with E-state index in [1.54, 1.807) is 25.1 Å². The minimum Gasteiger partial charge on any atom is -0.493 e. The Hall–Kier alpha value is -3.20. The van der Waals surface area contributed by atoms with E-state index in [0.717, 1.165) is 12.3 Å². The summed E-state index contributed by atoms with van der Waals surface area (Å²) in [5.41, 5.74) is 0.574. The Kier molecular flexibility index (Phi) is 9.33. The quantitative estimate of drug-likeness (QED) is 0.199. The zero-order valence-electron chi connectivity index (χ0n) is 22.2. The number of ether oxygens (including phenoxy) is 6. The van der Waals surface area contributed by atoms with Crippen LogP contribution in [0, 0.1) is 17.8 Å². The van der Waals surface area contributed by atoms with Gasteiger partial charge >= 0.3 is 11.9 Å². The van der Waals surface area contributed by atoms with Crippen LogP contribution in [0.5, 0.6) is 11.5 Å². The van der Waals surface area contributed by atoms with E-state index >= 15 is 0 Å². The largest absolute Gasteiger partial charge is 0.493 e. The molecule has 5 N–H and O–H groups in total. The van der Waals surface area contributed by atoms with Crippen LogP contribution in [0.15, 0.2) is 36.1 Å². The van der Waals surface area contributed by atoms with Crippen molar-refractivity contribution in [3.8, 4) is 11.5 Å². The van der Waals surface area contributed by atoms with Crippen LogP contribution in [0.25, 0.3) is 6.08 Å². The predicted molar refractivity (Wildman–Crippen MR) is 135 cm³/mol. The number of aliphatic hydroxyl groups is 4. The van der Waals surface area contributed by atoms with Crippen molar-refractivity contribution in [1.82, 2.24) is 0 Å². The third-order valence-corrected chi connectivity index (χ3v) is 7.63. The molecule has 2 heterocycles. The fourth-order valence-corrected chi connectivity index (χ4v) is 5.39. The van der Waals surface area contributed by atoms with E-state index in [1.165, 1.54) is 20.3 Å². The average molecular weight is 567 g/mol. The van der Waals surface area contributed by atoms with Gasteiger partial charge in [0.15, 0.2) is 17.6 Å². The van der Waals surface area contributed by atoms with E-state index in [-0.39, 0.29) is 12.0 Å². The number of rotatable bonds is 9. The van der Waals surface area contributed by atoms with Gasteiger partial charge in [0.2, 0.25) is 12.6 Å². The van der Waals surface area contributed by atoms with Gasteiger partial charge < -0.3 is 54.0 Å². The second kappa shape index (κ2) is 12.5. The number of carbonyl (C=O) groups is 2. The summed E-state index contributed by atoms with van der Waals surface area (Å²) >= 11 is 0. The Morgan fingerprint density at radius 2 is 1.80 bits per heavy atom. The number of carboxylic acid groups (broad SMARTS) is 1. The summed E-state index contributed by atoms with van der Waals surface area (Å²) in [6.07, 6.45) is -5.83. The van der Waals surface area contributed by atoms with Crippen LogP contribution in [-0.2, 0) is 28.5 Å². The third kappa shape index (κ3) is 5.94. The number of hydrogen-bond donors (Lipinski definition) is 5. The maximum atomic E-state index is 12.7. The molecule has 3 aliphatic rings. The van der Waals surface area contributed by atoms with Gasteiger partial charge in [0.1, 0.15) is 18.3 Å². The topological polar surface area (TPSA) is 191 Å². The first-order chi connectivity index (χ1) is 19.1. The summed E-state index contributed by atoms with van der Waals surface area (Å²) in [6.45, 7) is 1.06. The van der Waals surface area contributed by atoms with Gasteiger partial charge in [0.05, 0.1) is 38.8 Å². The molecule has 2 aliphatic heterocycles. The first kappa shape index (κ1) is 29.8. The molecule has 0 amide bonds. The highest BCUT2D eigenvalue weighted by molar-refractivity contribution is 5.87. The van der Waals surface area contributed by atoms with Crippen LogP contribution in [0.4, 0.5) is 0 Å². The number of fused-ring (bicyclic) bond motifs is 1. The number of methoxy groups -OCH3 is 2. The highest BCUT2D eigenvalue weighted by atomic mass is 16.8. The zero-order chi connectivity index (χ0) is 29.1. The molecular weight excluding hydrogens is 532 g/mol. The first-order valence-corrected chi connectivity index (χ1v) is 12.7. The molecule has 40 heavy (non-hydrogen) atoms. The molecule has 13 heteroatoms. The molecule has 1 aliphatic carbocycles. The molecule has 1 aromatic rings. The van der Waals surface area contributed by atoms with E-state index in [4.69, 9.17) is 28.4 Å². The Bertz CT molecular complexity index is 1130. The SMILES string of the molecule is COc1ccc(/C=C/C(=O)O[C@H]2[C@H](O[C@@H]3OC=C(C(=O)O)[C@H]4C[C@H](O)[C@H](C)[C@@H]34)O[C@H](CO)[C@@H](O)[C@@H]2O)cc1OC. The molecule has 0 radical (unpaired) electrons. The number of carbonyl (C=O) groups excluding carboxylic acids is 1. The van der Waals surface area contributed by atoms with Crippen molar-refractivity contribution in [1.29, 1.82) is 0 Å². The van der Waals surface area contributed by atoms with Crippen LogP contribution in [0.1, 0.15) is 18.9 Å². The van der Waals surface area contributed by atoms with Gasteiger partial charge in [-0.25, -0.2) is 9.59 Å². The zero-order valence-corrected chi connectivity index (χ0v) is 22.2. The number of aliphatic hydroxyl groups excluding tert-OH is 4. The summed E-state index contributed by atoms with van der Waals surface area (Å²) in [5, 5.41) is 50.8. The molecule has 0 spiro atoms. The fraction of sp³-hybridized carbons (Fsp3) is 0.556. The van der Waals surface area contributed by atoms with Crippen molar-refractivity contribution in [3.05, 3.63) is 41.7 Å². The Balaban J connectivity index is 1.53. The fourth-order valence-electron chi connectivity index (χ4n) is 5.39. The van der Waals surface area contributed by atoms with Crippen LogP contribution >= 0.6 is 0 Å². The molecule has 1 saturated carbocycles. The van der Waals surface area contributed by atoms with Crippen molar-refractivity contribution in [2.24, 2.45) is 17.8 Å². The standard InChI is InChI=1S/C27H34O13/c1-12-16(29)9-14-15(25(33)34)11-37-26(21(12)14)40-27-24(23(32)22(31)19(10-28)38-27)39-20(30)7-5-13-4-6-17(35-2)18(8-13)36-3/h4-8,11-12,14,16,19,21-24,26-29,31-32H,9-10H2,1-3H3,(H,33,34)/b7-5+/t12-,14+,16-,19+,21+,22+,23-,24+,26-,27-/m0/s1. The van der Waals surface area contributed by atoms with E-state index in [2.05, 4.69) is 0 Å². The maximum Gasteiger partial charge on any atom is 0.334 e. The predicted octanol–water partition coefficient (Wildman–Crippen LogP) is 0.0423. The molecule has 2 fully saturated rings. The maximum absolute atomic E-state index is 12.7. The molecule has 0 bridgehead atoms. The lowest BCUT2D eigenvalue weighted by Crippen LogP contribution is -2.61. The second-order valence-corrected chi connectivity index (χ2v) is 9.92. The van der Waals surface area contributed by atoms with Gasteiger partial charge in [-0.1, -0.05) is 13.0 Å². The lowest BCUT2D eigenvalue weighted by atomic mass is 9.83. The molecule has 0 aromatic heterocycles. The lowest BCUT2D eigenvalue weighted by Gasteiger charge is -2.44. The number of esters is 1. The molecule has 0 unspecified atom stereocenters. The molecule has 13 nitrogen and oxygen atoms in total. The summed E-state index contributed by atoms with van der Waals surface area (Å²) in [7, 11) is 2.96. The summed E-state index contributed by atoms with van der Waals surface area (Å²) in [6, 6.07) is 4.97. The van der Waals surface area contributed by atoms with Crippen molar-refractivity contribution in [2.75, 3.05) is 20.8 Å². The number of aliphatic carboxylic acids is 1. The van der Waals surface area contributed by atoms with Crippen molar-refractivity contribution < 1.29 is 63.5 Å². The van der Waals surface area contributed by atoms with Gasteiger partial charge in [-0.3, -0.25) is 0 Å². The van der Waals surface area contributed by atoms with Gasteiger partial charge in [-0.2, -0.15) is 0 Å². The van der Waals surface area contributed by atoms with Crippen LogP contribution in [0.2, 0.25) is 0 Å².